The molecule has 2 rings (SSSR count). The van der Waals surface area contributed by atoms with Gasteiger partial charge in [-0.25, -0.2) is 9.18 Å². The quantitative estimate of drug-likeness (QED) is 0.907. The zero-order valence-corrected chi connectivity index (χ0v) is 15.4. The minimum atomic E-state index is -0.551. The Balaban J connectivity index is 2.02. The van der Waals surface area contributed by atoms with Crippen molar-refractivity contribution in [3.63, 3.8) is 0 Å². The molecule has 1 aliphatic heterocycles. The summed E-state index contributed by atoms with van der Waals surface area (Å²) in [5.41, 5.74) is 0.612. The number of carbonyl (C=O) groups is 2. The van der Waals surface area contributed by atoms with Gasteiger partial charge in [0.2, 0.25) is 0 Å². The summed E-state index contributed by atoms with van der Waals surface area (Å²) < 4.78 is 18.9. The number of rotatable bonds is 3. The summed E-state index contributed by atoms with van der Waals surface area (Å²) >= 11 is 0. The number of ether oxygens (including phenoxy) is 1. The predicted molar refractivity (Wildman–Crippen MR) is 94.1 cm³/mol. The average molecular weight is 350 g/mol. The first kappa shape index (κ1) is 19.2. The molecule has 1 atom stereocenters. The summed E-state index contributed by atoms with van der Waals surface area (Å²) in [5.74, 6) is -0.728. The molecule has 1 fully saturated rings. The van der Waals surface area contributed by atoms with E-state index in [1.807, 2.05) is 27.7 Å². The maximum Gasteiger partial charge on any atom is 0.410 e. The molecule has 1 aromatic carbocycles. The van der Waals surface area contributed by atoms with Crippen LogP contribution in [0, 0.1) is 5.82 Å². The maximum atomic E-state index is 13.5. The summed E-state index contributed by atoms with van der Waals surface area (Å²) in [4.78, 5) is 26.4. The molecule has 0 bridgehead atoms. The third kappa shape index (κ3) is 5.44. The summed E-state index contributed by atoms with van der Waals surface area (Å²) in [5, 5.41) is 2.93. The maximum absolute atomic E-state index is 13.5. The molecule has 0 aliphatic carbocycles. The standard InChI is InChI=1S/C19H27FN2O3/c1-5-13-8-9-14(20)11-16(13)17(23)21-15-7-6-10-22(12-15)18(24)25-19(2,3)4/h8-9,11,15H,5-7,10,12H2,1-4H3,(H,21,23)/t15-/m1/s1. The number of hydrogen-bond donors (Lipinski definition) is 1. The molecule has 1 heterocycles. The van der Waals surface area contributed by atoms with E-state index in [0.29, 0.717) is 25.1 Å². The number of nitrogens with one attached hydrogen (secondary N) is 1. The Kier molecular flexibility index (Phi) is 6.03. The predicted octanol–water partition coefficient (Wildman–Crippen LogP) is 3.52. The van der Waals surface area contributed by atoms with Crippen LogP contribution in [0.15, 0.2) is 18.2 Å². The summed E-state index contributed by atoms with van der Waals surface area (Å²) in [7, 11) is 0. The summed E-state index contributed by atoms with van der Waals surface area (Å²) in [6.45, 7) is 8.41. The molecule has 0 saturated carbocycles. The first-order valence-electron chi connectivity index (χ1n) is 8.77. The van der Waals surface area contributed by atoms with Crippen molar-refractivity contribution in [3.05, 3.63) is 35.1 Å². The van der Waals surface area contributed by atoms with Gasteiger partial charge < -0.3 is 15.0 Å². The molecule has 0 unspecified atom stereocenters. The zero-order valence-electron chi connectivity index (χ0n) is 15.4. The van der Waals surface area contributed by atoms with Gasteiger partial charge in [0.05, 0.1) is 0 Å². The molecule has 1 saturated heterocycles. The van der Waals surface area contributed by atoms with Crippen molar-refractivity contribution in [1.29, 1.82) is 0 Å². The number of hydrogen-bond acceptors (Lipinski definition) is 3. The number of aryl methyl sites for hydroxylation is 1. The van der Waals surface area contributed by atoms with E-state index >= 15 is 0 Å². The molecule has 0 radical (unpaired) electrons. The fourth-order valence-electron chi connectivity index (χ4n) is 2.92. The summed E-state index contributed by atoms with van der Waals surface area (Å²) in [6, 6.07) is 4.10. The molecule has 5 nitrogen and oxygen atoms in total. The highest BCUT2D eigenvalue weighted by atomic mass is 19.1. The second-order valence-electron chi connectivity index (χ2n) is 7.39. The van der Waals surface area contributed by atoms with Gasteiger partial charge in [-0.2, -0.15) is 0 Å². The van der Waals surface area contributed by atoms with E-state index in [1.54, 1.807) is 11.0 Å². The number of amides is 2. The van der Waals surface area contributed by atoms with Gasteiger partial charge >= 0.3 is 6.09 Å². The van der Waals surface area contributed by atoms with Crippen molar-refractivity contribution in [2.24, 2.45) is 0 Å². The van der Waals surface area contributed by atoms with E-state index in [0.717, 1.165) is 18.4 Å². The van der Waals surface area contributed by atoms with Crippen LogP contribution in [0.3, 0.4) is 0 Å². The van der Waals surface area contributed by atoms with Crippen LogP contribution in [-0.4, -0.2) is 41.6 Å². The van der Waals surface area contributed by atoms with Gasteiger partial charge in [-0.1, -0.05) is 13.0 Å². The number of benzene rings is 1. The molecule has 0 spiro atoms. The second kappa shape index (κ2) is 7.85. The van der Waals surface area contributed by atoms with Crippen LogP contribution in [0.25, 0.3) is 0 Å². The van der Waals surface area contributed by atoms with Crippen molar-refractivity contribution < 1.29 is 18.7 Å². The lowest BCUT2D eigenvalue weighted by atomic mass is 10.0. The number of likely N-dealkylation sites (tertiary alicyclic amines) is 1. The Hall–Kier alpha value is -2.11. The third-order valence-electron chi connectivity index (χ3n) is 4.11. The van der Waals surface area contributed by atoms with Crippen LogP contribution < -0.4 is 5.32 Å². The fourth-order valence-corrected chi connectivity index (χ4v) is 2.92. The van der Waals surface area contributed by atoms with Crippen molar-refractivity contribution >= 4 is 12.0 Å². The number of carbonyl (C=O) groups excluding carboxylic acids is 2. The van der Waals surface area contributed by atoms with E-state index in [9.17, 15) is 14.0 Å². The van der Waals surface area contributed by atoms with Crippen LogP contribution in [0.5, 0.6) is 0 Å². The van der Waals surface area contributed by atoms with Gasteiger partial charge in [0, 0.05) is 24.7 Å². The van der Waals surface area contributed by atoms with E-state index < -0.39 is 11.4 Å². The molecule has 1 aliphatic rings. The topological polar surface area (TPSA) is 58.6 Å². The van der Waals surface area contributed by atoms with Crippen LogP contribution in [-0.2, 0) is 11.2 Å². The largest absolute Gasteiger partial charge is 0.444 e. The number of halogens is 1. The minimum absolute atomic E-state index is 0.165. The minimum Gasteiger partial charge on any atom is -0.444 e. The molecule has 138 valence electrons. The van der Waals surface area contributed by atoms with Gasteiger partial charge in [0.15, 0.2) is 0 Å². The fraction of sp³-hybridized carbons (Fsp3) is 0.579. The number of piperidine rings is 1. The Morgan fingerprint density at radius 2 is 2.08 bits per heavy atom. The lowest BCUT2D eigenvalue weighted by Crippen LogP contribution is -2.50. The van der Waals surface area contributed by atoms with E-state index in [1.165, 1.54) is 12.1 Å². The van der Waals surface area contributed by atoms with Crippen LogP contribution in [0.4, 0.5) is 9.18 Å². The normalized spacial score (nSPS) is 18.0. The molecule has 2 amide bonds. The van der Waals surface area contributed by atoms with Gasteiger partial charge in [-0.3, -0.25) is 4.79 Å². The van der Waals surface area contributed by atoms with Gasteiger partial charge in [-0.05, 0) is 57.7 Å². The molecule has 25 heavy (non-hydrogen) atoms. The first-order valence-corrected chi connectivity index (χ1v) is 8.77. The first-order chi connectivity index (χ1) is 11.7. The van der Waals surface area contributed by atoms with Crippen LogP contribution >= 0.6 is 0 Å². The van der Waals surface area contributed by atoms with E-state index in [-0.39, 0.29) is 18.0 Å². The van der Waals surface area contributed by atoms with E-state index in [4.69, 9.17) is 4.74 Å². The highest BCUT2D eigenvalue weighted by molar-refractivity contribution is 5.96. The molecule has 1 N–H and O–H groups in total. The Morgan fingerprint density at radius 1 is 1.36 bits per heavy atom. The molecule has 6 heteroatoms. The molecular formula is C19H27FN2O3. The highest BCUT2D eigenvalue weighted by Crippen LogP contribution is 2.17. The number of nitrogens with zero attached hydrogens (tertiary/aromatic N) is 1. The van der Waals surface area contributed by atoms with E-state index in [2.05, 4.69) is 5.32 Å². The third-order valence-corrected chi connectivity index (χ3v) is 4.11. The Morgan fingerprint density at radius 3 is 2.72 bits per heavy atom. The van der Waals surface area contributed by atoms with Crippen LogP contribution in [0.2, 0.25) is 0 Å². The van der Waals surface area contributed by atoms with Crippen molar-refractivity contribution in [3.8, 4) is 0 Å². The van der Waals surface area contributed by atoms with Crippen molar-refractivity contribution in [2.75, 3.05) is 13.1 Å². The smallest absolute Gasteiger partial charge is 0.410 e. The highest BCUT2D eigenvalue weighted by Gasteiger charge is 2.28. The van der Waals surface area contributed by atoms with Gasteiger partial charge in [-0.15, -0.1) is 0 Å². The molecular weight excluding hydrogens is 323 g/mol. The van der Waals surface area contributed by atoms with Crippen molar-refractivity contribution in [2.45, 2.75) is 58.6 Å². The zero-order chi connectivity index (χ0) is 18.6. The SMILES string of the molecule is CCc1ccc(F)cc1C(=O)N[C@@H]1CCCN(C(=O)OC(C)(C)C)C1. The monoisotopic (exact) mass is 350 g/mol. The van der Waals surface area contributed by atoms with Gasteiger partial charge in [0.25, 0.3) is 5.91 Å². The Labute approximate surface area is 148 Å². The van der Waals surface area contributed by atoms with Crippen molar-refractivity contribution in [1.82, 2.24) is 10.2 Å². The molecule has 0 aromatic heterocycles. The lowest BCUT2D eigenvalue weighted by Gasteiger charge is -2.34. The lowest BCUT2D eigenvalue weighted by molar-refractivity contribution is 0.0185. The molecule has 1 aromatic rings. The van der Waals surface area contributed by atoms with Gasteiger partial charge in [0.1, 0.15) is 11.4 Å². The second-order valence-corrected chi connectivity index (χ2v) is 7.39. The Bertz CT molecular complexity index is 640. The van der Waals surface area contributed by atoms with Crippen LogP contribution in [0.1, 0.15) is 56.5 Å². The average Bonchev–Trinajstić information content (AvgIpc) is 2.53. The summed E-state index contributed by atoms with van der Waals surface area (Å²) in [6.07, 6.45) is 1.85.